The first-order valence-electron chi connectivity index (χ1n) is 6.71. The molecule has 1 aromatic heterocycles. The molecular weight excluding hydrogens is 286 g/mol. The molecule has 1 amide bonds. The number of fused-ring (bicyclic) bond motifs is 1. The summed E-state index contributed by atoms with van der Waals surface area (Å²) in [7, 11) is 0. The largest absolute Gasteiger partial charge is 0.347 e. The van der Waals surface area contributed by atoms with Crippen LogP contribution < -0.4 is 5.32 Å². The molecule has 0 spiro atoms. The molecule has 22 heavy (non-hydrogen) atoms. The molecule has 0 saturated heterocycles. The molecule has 0 aliphatic carbocycles. The van der Waals surface area contributed by atoms with Gasteiger partial charge in [-0.15, -0.1) is 0 Å². The Morgan fingerprint density at radius 2 is 1.73 bits per heavy atom. The molecule has 2 aromatic carbocycles. The maximum absolute atomic E-state index is 13.1. The van der Waals surface area contributed by atoms with Crippen LogP contribution in [-0.2, 0) is 6.54 Å². The maximum Gasteiger partial charge on any atom is 0.270 e. The highest BCUT2D eigenvalue weighted by Gasteiger charge is 2.08. The van der Waals surface area contributed by atoms with E-state index in [1.54, 1.807) is 12.1 Å². The molecule has 0 unspecified atom stereocenters. The highest BCUT2D eigenvalue weighted by molar-refractivity contribution is 5.94. The Morgan fingerprint density at radius 3 is 2.50 bits per heavy atom. The molecule has 0 bridgehead atoms. The van der Waals surface area contributed by atoms with E-state index in [-0.39, 0.29) is 12.2 Å². The van der Waals surface area contributed by atoms with Gasteiger partial charge in [-0.25, -0.2) is 13.8 Å². The van der Waals surface area contributed by atoms with Crippen LogP contribution in [0.4, 0.5) is 8.78 Å². The van der Waals surface area contributed by atoms with Gasteiger partial charge in [0.25, 0.3) is 5.91 Å². The van der Waals surface area contributed by atoms with Gasteiger partial charge in [-0.2, -0.15) is 0 Å². The number of benzene rings is 2. The standard InChI is InChI=1S/C17H12F2N2O/c18-13-7-11(8-14(19)9-13)10-20-17(22)16-6-5-12-3-1-2-4-15(12)21-16/h1-9H,10H2,(H,20,22). The first-order chi connectivity index (χ1) is 10.6. The molecule has 3 rings (SSSR count). The summed E-state index contributed by atoms with van der Waals surface area (Å²) in [6.45, 7) is 0.0298. The molecule has 0 radical (unpaired) electrons. The van der Waals surface area contributed by atoms with E-state index in [9.17, 15) is 13.6 Å². The lowest BCUT2D eigenvalue weighted by Gasteiger charge is -2.06. The predicted molar refractivity (Wildman–Crippen MR) is 79.3 cm³/mol. The van der Waals surface area contributed by atoms with Gasteiger partial charge < -0.3 is 5.32 Å². The molecule has 0 saturated carbocycles. The number of halogens is 2. The zero-order chi connectivity index (χ0) is 15.5. The van der Waals surface area contributed by atoms with E-state index in [0.29, 0.717) is 11.1 Å². The van der Waals surface area contributed by atoms with Crippen LogP contribution in [0.25, 0.3) is 10.9 Å². The van der Waals surface area contributed by atoms with Crippen LogP contribution in [0, 0.1) is 11.6 Å². The number of amides is 1. The zero-order valence-electron chi connectivity index (χ0n) is 11.5. The smallest absolute Gasteiger partial charge is 0.270 e. The van der Waals surface area contributed by atoms with Crippen molar-refractivity contribution in [1.82, 2.24) is 10.3 Å². The van der Waals surface area contributed by atoms with Crippen molar-refractivity contribution in [2.75, 3.05) is 0 Å². The lowest BCUT2D eigenvalue weighted by molar-refractivity contribution is 0.0946. The fourth-order valence-electron chi connectivity index (χ4n) is 2.18. The van der Waals surface area contributed by atoms with Crippen molar-refractivity contribution in [3.05, 3.63) is 77.5 Å². The minimum Gasteiger partial charge on any atom is -0.347 e. The number of para-hydroxylation sites is 1. The number of hydrogen-bond acceptors (Lipinski definition) is 2. The topological polar surface area (TPSA) is 42.0 Å². The van der Waals surface area contributed by atoms with Gasteiger partial charge in [0.15, 0.2) is 0 Å². The molecule has 5 heteroatoms. The van der Waals surface area contributed by atoms with E-state index in [1.807, 2.05) is 24.3 Å². The van der Waals surface area contributed by atoms with Crippen LogP contribution in [0.1, 0.15) is 16.1 Å². The lowest BCUT2D eigenvalue weighted by Crippen LogP contribution is -2.23. The van der Waals surface area contributed by atoms with E-state index < -0.39 is 17.5 Å². The molecule has 3 nitrogen and oxygen atoms in total. The third-order valence-corrected chi connectivity index (χ3v) is 3.21. The summed E-state index contributed by atoms with van der Waals surface area (Å²) in [5.74, 6) is -1.74. The van der Waals surface area contributed by atoms with E-state index in [4.69, 9.17) is 0 Å². The van der Waals surface area contributed by atoms with Crippen LogP contribution in [0.3, 0.4) is 0 Å². The molecule has 1 heterocycles. The minimum atomic E-state index is -0.673. The minimum absolute atomic E-state index is 0.0298. The fourth-order valence-corrected chi connectivity index (χ4v) is 2.18. The van der Waals surface area contributed by atoms with Crippen LogP contribution in [0.15, 0.2) is 54.6 Å². The Morgan fingerprint density at radius 1 is 1.00 bits per heavy atom. The van der Waals surface area contributed by atoms with Crippen molar-refractivity contribution in [3.8, 4) is 0 Å². The highest BCUT2D eigenvalue weighted by atomic mass is 19.1. The van der Waals surface area contributed by atoms with Gasteiger partial charge in [0.1, 0.15) is 17.3 Å². The van der Waals surface area contributed by atoms with Crippen LogP contribution in [-0.4, -0.2) is 10.9 Å². The van der Waals surface area contributed by atoms with Crippen LogP contribution in [0.5, 0.6) is 0 Å². The second-order valence-corrected chi connectivity index (χ2v) is 4.85. The average molecular weight is 298 g/mol. The van der Waals surface area contributed by atoms with Gasteiger partial charge in [0.2, 0.25) is 0 Å². The van der Waals surface area contributed by atoms with Gasteiger partial charge in [-0.3, -0.25) is 4.79 Å². The number of carbonyl (C=O) groups is 1. The quantitative estimate of drug-likeness (QED) is 0.805. The number of pyridine rings is 1. The Hall–Kier alpha value is -2.82. The Bertz CT molecular complexity index is 829. The molecular formula is C17H12F2N2O. The number of hydrogen-bond donors (Lipinski definition) is 1. The Labute approximate surface area is 125 Å². The third-order valence-electron chi connectivity index (χ3n) is 3.21. The predicted octanol–water partition coefficient (Wildman–Crippen LogP) is 3.44. The van der Waals surface area contributed by atoms with Crippen molar-refractivity contribution in [1.29, 1.82) is 0 Å². The van der Waals surface area contributed by atoms with E-state index >= 15 is 0 Å². The fraction of sp³-hybridized carbons (Fsp3) is 0.0588. The Balaban J connectivity index is 1.75. The van der Waals surface area contributed by atoms with Gasteiger partial charge in [0, 0.05) is 18.0 Å². The first-order valence-corrected chi connectivity index (χ1v) is 6.71. The molecule has 110 valence electrons. The SMILES string of the molecule is O=C(NCc1cc(F)cc(F)c1)c1ccc2ccccc2n1. The number of rotatable bonds is 3. The van der Waals surface area contributed by atoms with E-state index in [0.717, 1.165) is 11.5 Å². The van der Waals surface area contributed by atoms with Crippen molar-refractivity contribution in [2.24, 2.45) is 0 Å². The summed E-state index contributed by atoms with van der Waals surface area (Å²) in [5, 5.41) is 3.54. The number of nitrogens with one attached hydrogen (secondary N) is 1. The van der Waals surface area contributed by atoms with Crippen molar-refractivity contribution in [3.63, 3.8) is 0 Å². The molecule has 0 atom stereocenters. The summed E-state index contributed by atoms with van der Waals surface area (Å²) in [6.07, 6.45) is 0. The normalized spacial score (nSPS) is 10.6. The number of carbonyl (C=O) groups excluding carboxylic acids is 1. The molecule has 0 aliphatic rings. The van der Waals surface area contributed by atoms with Crippen molar-refractivity contribution < 1.29 is 13.6 Å². The van der Waals surface area contributed by atoms with E-state index in [2.05, 4.69) is 10.3 Å². The second kappa shape index (κ2) is 5.89. The lowest BCUT2D eigenvalue weighted by atomic mass is 10.2. The van der Waals surface area contributed by atoms with Crippen molar-refractivity contribution in [2.45, 2.75) is 6.54 Å². The number of nitrogens with zero attached hydrogens (tertiary/aromatic N) is 1. The van der Waals surface area contributed by atoms with Crippen LogP contribution >= 0.6 is 0 Å². The summed E-state index contributed by atoms with van der Waals surface area (Å²) in [4.78, 5) is 16.3. The maximum atomic E-state index is 13.1. The highest BCUT2D eigenvalue weighted by Crippen LogP contribution is 2.12. The summed E-state index contributed by atoms with van der Waals surface area (Å²) < 4.78 is 26.2. The second-order valence-electron chi connectivity index (χ2n) is 4.85. The monoisotopic (exact) mass is 298 g/mol. The summed E-state index contributed by atoms with van der Waals surface area (Å²) >= 11 is 0. The first kappa shape index (κ1) is 14.1. The molecule has 0 fully saturated rings. The van der Waals surface area contributed by atoms with Gasteiger partial charge in [-0.05, 0) is 29.8 Å². The molecule has 3 aromatic rings. The zero-order valence-corrected chi connectivity index (χ0v) is 11.5. The third kappa shape index (κ3) is 3.09. The average Bonchev–Trinajstić information content (AvgIpc) is 2.51. The van der Waals surface area contributed by atoms with Gasteiger partial charge >= 0.3 is 0 Å². The summed E-state index contributed by atoms with van der Waals surface area (Å²) in [6, 6.07) is 14.0. The summed E-state index contributed by atoms with van der Waals surface area (Å²) in [5.41, 5.74) is 1.33. The Kier molecular flexibility index (Phi) is 3.78. The van der Waals surface area contributed by atoms with Crippen LogP contribution in [0.2, 0.25) is 0 Å². The van der Waals surface area contributed by atoms with Crippen molar-refractivity contribution >= 4 is 16.8 Å². The molecule has 0 aliphatic heterocycles. The van der Waals surface area contributed by atoms with Gasteiger partial charge in [0.05, 0.1) is 5.52 Å². The number of aromatic nitrogens is 1. The molecule has 1 N–H and O–H groups in total. The van der Waals surface area contributed by atoms with E-state index in [1.165, 1.54) is 12.1 Å². The van der Waals surface area contributed by atoms with Gasteiger partial charge in [-0.1, -0.05) is 24.3 Å².